The third-order valence-electron chi connectivity index (χ3n) is 4.91. The van der Waals surface area contributed by atoms with Crippen molar-refractivity contribution in [1.29, 1.82) is 0 Å². The maximum absolute atomic E-state index is 12.7. The minimum atomic E-state index is -4.39. The molecule has 0 fully saturated rings. The first kappa shape index (κ1) is 25.5. The molecule has 0 aliphatic heterocycles. The van der Waals surface area contributed by atoms with Gasteiger partial charge in [-0.05, 0) is 63.1 Å². The Morgan fingerprint density at radius 3 is 2.32 bits per heavy atom. The molecule has 0 bridgehead atoms. The molecule has 1 aromatic heterocycles. The fraction of sp³-hybridized carbons (Fsp3) is 0.333. The number of alkyl halides is 3. The topological polar surface area (TPSA) is 81.8 Å². The molecule has 0 aliphatic rings. The summed E-state index contributed by atoms with van der Waals surface area (Å²) in [5.41, 5.74) is 0.444. The van der Waals surface area contributed by atoms with Crippen molar-refractivity contribution >= 4 is 17.7 Å². The van der Waals surface area contributed by atoms with E-state index in [1.807, 2.05) is 13.8 Å². The maximum Gasteiger partial charge on any atom is 0.416 e. The Morgan fingerprint density at radius 2 is 1.71 bits per heavy atom. The van der Waals surface area contributed by atoms with Gasteiger partial charge in [0.25, 0.3) is 5.22 Å². The Morgan fingerprint density at radius 1 is 1.09 bits per heavy atom. The van der Waals surface area contributed by atoms with E-state index >= 15 is 0 Å². The van der Waals surface area contributed by atoms with Crippen molar-refractivity contribution in [2.24, 2.45) is 0 Å². The molecule has 0 aliphatic carbocycles. The van der Waals surface area contributed by atoms with Crippen LogP contribution in [0.3, 0.4) is 0 Å². The van der Waals surface area contributed by atoms with Crippen molar-refractivity contribution in [3.05, 3.63) is 59.4 Å². The molecule has 0 radical (unpaired) electrons. The fourth-order valence-electron chi connectivity index (χ4n) is 2.91. The number of ether oxygens (including phenoxy) is 2. The van der Waals surface area contributed by atoms with Gasteiger partial charge in [0.1, 0.15) is 23.5 Å². The summed E-state index contributed by atoms with van der Waals surface area (Å²) in [6.07, 6.45) is -2.99. The molecule has 1 heterocycles. The van der Waals surface area contributed by atoms with Crippen LogP contribution < -0.4 is 9.47 Å². The summed E-state index contributed by atoms with van der Waals surface area (Å²) in [5.74, 6) is 0.587. The van der Waals surface area contributed by atoms with Crippen molar-refractivity contribution in [3.8, 4) is 22.8 Å². The summed E-state index contributed by atoms with van der Waals surface area (Å²) in [5, 5.41) is 9.64. The van der Waals surface area contributed by atoms with E-state index in [-0.39, 0.29) is 0 Å². The summed E-state index contributed by atoms with van der Waals surface area (Å²) >= 11 is 1.31. The molecular weight excluding hydrogens is 471 g/mol. The van der Waals surface area contributed by atoms with Gasteiger partial charge in [-0.2, -0.15) is 13.2 Å². The lowest BCUT2D eigenvalue weighted by molar-refractivity contribution is -0.152. The number of carboxylic acid groups (broad SMARTS) is 1. The fourth-order valence-corrected chi connectivity index (χ4v) is 3.53. The Labute approximate surface area is 199 Å². The zero-order chi connectivity index (χ0) is 25.1. The molecular formula is C24H24F3NO5S. The second kappa shape index (κ2) is 10.0. The molecule has 1 N–H and O–H groups in total. The van der Waals surface area contributed by atoms with Gasteiger partial charge in [-0.3, -0.25) is 0 Å². The number of oxazole rings is 1. The summed E-state index contributed by atoms with van der Waals surface area (Å²) in [4.78, 5) is 15.6. The van der Waals surface area contributed by atoms with Crippen LogP contribution in [0.2, 0.25) is 0 Å². The van der Waals surface area contributed by atoms with E-state index in [4.69, 9.17) is 13.9 Å². The summed E-state index contributed by atoms with van der Waals surface area (Å²) in [7, 11) is 0. The number of carbonyl (C=O) groups is 1. The highest BCUT2D eigenvalue weighted by Gasteiger charge is 2.31. The second-order valence-electron chi connectivity index (χ2n) is 8.07. The van der Waals surface area contributed by atoms with Crippen molar-refractivity contribution in [1.82, 2.24) is 4.98 Å². The normalized spacial score (nSPS) is 12.0. The van der Waals surface area contributed by atoms with Crippen LogP contribution in [0.4, 0.5) is 13.2 Å². The first-order chi connectivity index (χ1) is 15.9. The van der Waals surface area contributed by atoms with E-state index < -0.39 is 23.3 Å². The quantitative estimate of drug-likeness (QED) is 0.272. The van der Waals surface area contributed by atoms with Gasteiger partial charge in [0, 0.05) is 11.3 Å². The van der Waals surface area contributed by atoms with Crippen molar-refractivity contribution in [3.63, 3.8) is 0 Å². The van der Waals surface area contributed by atoms with Gasteiger partial charge >= 0.3 is 12.1 Å². The molecule has 0 unspecified atom stereocenters. The number of aryl methyl sites for hydroxylation is 2. The van der Waals surface area contributed by atoms with Gasteiger partial charge in [0.05, 0.1) is 12.2 Å². The number of aliphatic carboxylic acids is 1. The van der Waals surface area contributed by atoms with E-state index in [9.17, 15) is 23.1 Å². The van der Waals surface area contributed by atoms with Crippen molar-refractivity contribution in [2.45, 2.75) is 44.7 Å². The van der Waals surface area contributed by atoms with Crippen LogP contribution in [0.1, 0.15) is 30.5 Å². The zero-order valence-corrected chi connectivity index (χ0v) is 19.8. The first-order valence-electron chi connectivity index (χ1n) is 10.3. The van der Waals surface area contributed by atoms with Crippen LogP contribution in [0.25, 0.3) is 11.3 Å². The Balaban J connectivity index is 1.55. The standard InChI is InChI=1S/C24H24F3NO5S/c1-14-12-20(33-23(3,4)21(29)30)15(2)11-19(14)31-9-10-34-22-28-18(13-32-22)16-5-7-17(8-6-16)24(25,26)27/h5-8,11-13H,9-10H2,1-4H3,(H,29,30). The Hall–Kier alpha value is -3.14. The highest BCUT2D eigenvalue weighted by molar-refractivity contribution is 7.99. The Kier molecular flexibility index (Phi) is 7.50. The molecule has 3 aromatic rings. The summed E-state index contributed by atoms with van der Waals surface area (Å²) < 4.78 is 55.0. The number of hydrogen-bond acceptors (Lipinski definition) is 6. The van der Waals surface area contributed by atoms with Gasteiger partial charge in [0.15, 0.2) is 5.60 Å². The third-order valence-corrected chi connectivity index (χ3v) is 5.72. The molecule has 182 valence electrons. The highest BCUT2D eigenvalue weighted by Crippen LogP contribution is 2.32. The van der Waals surface area contributed by atoms with Crippen LogP contribution in [-0.4, -0.2) is 34.0 Å². The summed E-state index contributed by atoms with van der Waals surface area (Å²) in [6.45, 7) is 6.97. The van der Waals surface area contributed by atoms with E-state index in [2.05, 4.69) is 4.98 Å². The minimum Gasteiger partial charge on any atom is -0.492 e. The molecule has 0 atom stereocenters. The minimum absolute atomic E-state index is 0.351. The molecule has 3 rings (SSSR count). The molecule has 2 aromatic carbocycles. The number of halogens is 3. The highest BCUT2D eigenvalue weighted by atomic mass is 32.2. The van der Waals surface area contributed by atoms with Gasteiger partial charge < -0.3 is 19.0 Å². The van der Waals surface area contributed by atoms with Gasteiger partial charge in [-0.15, -0.1) is 0 Å². The maximum atomic E-state index is 12.7. The van der Waals surface area contributed by atoms with E-state index in [0.717, 1.165) is 23.3 Å². The van der Waals surface area contributed by atoms with Crippen LogP contribution in [0, 0.1) is 13.8 Å². The number of hydrogen-bond donors (Lipinski definition) is 1. The number of benzene rings is 2. The predicted octanol–water partition coefficient (Wildman–Crippen LogP) is 6.39. The number of thioether (sulfide) groups is 1. The second-order valence-corrected chi connectivity index (χ2v) is 9.12. The van der Waals surface area contributed by atoms with Crippen LogP contribution in [0.15, 0.2) is 52.3 Å². The van der Waals surface area contributed by atoms with E-state index in [1.165, 1.54) is 44.0 Å². The average Bonchev–Trinajstić information content (AvgIpc) is 3.22. The molecule has 6 nitrogen and oxygen atoms in total. The average molecular weight is 496 g/mol. The smallest absolute Gasteiger partial charge is 0.416 e. The number of carboxylic acids is 1. The molecule has 34 heavy (non-hydrogen) atoms. The molecule has 0 saturated heterocycles. The number of rotatable bonds is 9. The van der Waals surface area contributed by atoms with Crippen molar-refractivity contribution in [2.75, 3.05) is 12.4 Å². The lowest BCUT2D eigenvalue weighted by atomic mass is 10.1. The third kappa shape index (κ3) is 6.25. The summed E-state index contributed by atoms with van der Waals surface area (Å²) in [6, 6.07) is 8.26. The largest absolute Gasteiger partial charge is 0.492 e. The first-order valence-corrected chi connectivity index (χ1v) is 11.3. The van der Waals surface area contributed by atoms with Gasteiger partial charge in [0.2, 0.25) is 0 Å². The lowest BCUT2D eigenvalue weighted by Crippen LogP contribution is -2.38. The molecule has 0 spiro atoms. The van der Waals surface area contributed by atoms with Gasteiger partial charge in [-0.25, -0.2) is 9.78 Å². The van der Waals surface area contributed by atoms with Gasteiger partial charge in [-0.1, -0.05) is 23.9 Å². The Bertz CT molecular complexity index is 1160. The van der Waals surface area contributed by atoms with Crippen LogP contribution >= 0.6 is 11.8 Å². The number of aromatic nitrogens is 1. The molecule has 10 heteroatoms. The zero-order valence-electron chi connectivity index (χ0n) is 19.0. The lowest BCUT2D eigenvalue weighted by Gasteiger charge is -2.23. The van der Waals surface area contributed by atoms with Crippen LogP contribution in [0.5, 0.6) is 11.5 Å². The molecule has 0 amide bonds. The van der Waals surface area contributed by atoms with Crippen molar-refractivity contribution < 1.29 is 37.0 Å². The predicted molar refractivity (Wildman–Crippen MR) is 121 cm³/mol. The monoisotopic (exact) mass is 495 g/mol. The molecule has 0 saturated carbocycles. The number of nitrogens with zero attached hydrogens (tertiary/aromatic N) is 1. The van der Waals surface area contributed by atoms with E-state index in [1.54, 1.807) is 12.1 Å². The van der Waals surface area contributed by atoms with E-state index in [0.29, 0.717) is 40.3 Å². The SMILES string of the molecule is Cc1cc(OC(C)(C)C(=O)O)c(C)cc1OCCSc1nc(-c2ccc(C(F)(F)F)cc2)co1. The van der Waals surface area contributed by atoms with Crippen LogP contribution in [-0.2, 0) is 11.0 Å².